The van der Waals surface area contributed by atoms with E-state index in [0.29, 0.717) is 35.2 Å². The van der Waals surface area contributed by atoms with Crippen LogP contribution in [0.4, 0.5) is 17.1 Å². The maximum atomic E-state index is 12.2. The first kappa shape index (κ1) is 23.5. The van der Waals surface area contributed by atoms with Gasteiger partial charge in [-0.25, -0.2) is 0 Å². The largest absolute Gasteiger partial charge is 0.493 e. The van der Waals surface area contributed by atoms with Gasteiger partial charge < -0.3 is 30.2 Å². The SMILES string of the molecule is COc1cc(N(C)Cc2ccc(/C=C/C(=O)Nc3ccccc3N)cc2)cc(OC)c1OC. The van der Waals surface area contributed by atoms with Crippen molar-refractivity contribution in [2.24, 2.45) is 0 Å². The van der Waals surface area contributed by atoms with E-state index >= 15 is 0 Å². The van der Waals surface area contributed by atoms with Gasteiger partial charge in [0.1, 0.15) is 0 Å². The average Bonchev–Trinajstić information content (AvgIpc) is 2.84. The summed E-state index contributed by atoms with van der Waals surface area (Å²) in [6.45, 7) is 0.677. The highest BCUT2D eigenvalue weighted by atomic mass is 16.5. The Morgan fingerprint density at radius 3 is 2.18 bits per heavy atom. The molecule has 0 heterocycles. The lowest BCUT2D eigenvalue weighted by Gasteiger charge is -2.22. The molecule has 0 aliphatic carbocycles. The van der Waals surface area contributed by atoms with Crippen molar-refractivity contribution < 1.29 is 19.0 Å². The van der Waals surface area contributed by atoms with Crippen LogP contribution in [0.1, 0.15) is 11.1 Å². The summed E-state index contributed by atoms with van der Waals surface area (Å²) in [5, 5.41) is 2.78. The number of methoxy groups -OCH3 is 3. The molecule has 0 aliphatic heterocycles. The number of benzene rings is 3. The molecule has 0 bridgehead atoms. The van der Waals surface area contributed by atoms with Gasteiger partial charge in [-0.05, 0) is 29.3 Å². The van der Waals surface area contributed by atoms with E-state index < -0.39 is 0 Å². The van der Waals surface area contributed by atoms with Gasteiger partial charge in [-0.1, -0.05) is 36.4 Å². The topological polar surface area (TPSA) is 86.1 Å². The third kappa shape index (κ3) is 5.98. The zero-order valence-corrected chi connectivity index (χ0v) is 19.3. The molecule has 1 amide bonds. The molecule has 3 N–H and O–H groups in total. The lowest BCUT2D eigenvalue weighted by Crippen LogP contribution is -2.16. The summed E-state index contributed by atoms with van der Waals surface area (Å²) in [7, 11) is 6.78. The number of nitrogens with one attached hydrogen (secondary N) is 1. The Morgan fingerprint density at radius 1 is 0.970 bits per heavy atom. The van der Waals surface area contributed by atoms with E-state index in [4.69, 9.17) is 19.9 Å². The monoisotopic (exact) mass is 447 g/mol. The lowest BCUT2D eigenvalue weighted by molar-refractivity contribution is -0.111. The number of amides is 1. The molecule has 3 aromatic rings. The van der Waals surface area contributed by atoms with Gasteiger partial charge in [-0.2, -0.15) is 0 Å². The molecule has 7 heteroatoms. The van der Waals surface area contributed by atoms with Crippen LogP contribution < -0.4 is 30.2 Å². The molecule has 7 nitrogen and oxygen atoms in total. The predicted molar refractivity (Wildman–Crippen MR) is 133 cm³/mol. The highest BCUT2D eigenvalue weighted by molar-refractivity contribution is 6.03. The Balaban J connectivity index is 1.65. The molecule has 0 saturated carbocycles. The fourth-order valence-corrected chi connectivity index (χ4v) is 3.34. The van der Waals surface area contributed by atoms with Crippen LogP contribution in [0.3, 0.4) is 0 Å². The molecular weight excluding hydrogens is 418 g/mol. The number of para-hydroxylation sites is 2. The molecule has 0 spiro atoms. The van der Waals surface area contributed by atoms with Crippen molar-refractivity contribution in [2.45, 2.75) is 6.54 Å². The van der Waals surface area contributed by atoms with Gasteiger partial charge in [0.2, 0.25) is 11.7 Å². The fourth-order valence-electron chi connectivity index (χ4n) is 3.34. The number of anilines is 3. The number of nitrogens with two attached hydrogens (primary N) is 1. The third-order valence-electron chi connectivity index (χ3n) is 5.14. The normalized spacial score (nSPS) is 10.7. The van der Waals surface area contributed by atoms with Crippen LogP contribution in [-0.4, -0.2) is 34.3 Å². The number of rotatable bonds is 9. The van der Waals surface area contributed by atoms with E-state index in [1.165, 1.54) is 6.08 Å². The average molecular weight is 448 g/mol. The summed E-state index contributed by atoms with van der Waals surface area (Å²) >= 11 is 0. The van der Waals surface area contributed by atoms with Crippen LogP contribution in [0.25, 0.3) is 6.08 Å². The van der Waals surface area contributed by atoms with Crippen molar-refractivity contribution >= 4 is 29.0 Å². The molecule has 3 rings (SSSR count). The first-order valence-corrected chi connectivity index (χ1v) is 10.4. The second kappa shape index (κ2) is 10.9. The van der Waals surface area contributed by atoms with Gasteiger partial charge in [0.25, 0.3) is 0 Å². The van der Waals surface area contributed by atoms with Crippen LogP contribution in [-0.2, 0) is 11.3 Å². The van der Waals surface area contributed by atoms with E-state index in [1.807, 2.05) is 55.6 Å². The Labute approximate surface area is 194 Å². The van der Waals surface area contributed by atoms with Crippen molar-refractivity contribution in [2.75, 3.05) is 44.3 Å². The summed E-state index contributed by atoms with van der Waals surface area (Å²) in [5.41, 5.74) is 9.95. The highest BCUT2D eigenvalue weighted by Crippen LogP contribution is 2.41. The summed E-state index contributed by atoms with van der Waals surface area (Å²) in [6.07, 6.45) is 3.25. The second-order valence-corrected chi connectivity index (χ2v) is 7.39. The first-order chi connectivity index (χ1) is 15.9. The summed E-state index contributed by atoms with van der Waals surface area (Å²) in [4.78, 5) is 14.3. The first-order valence-electron chi connectivity index (χ1n) is 10.4. The maximum absolute atomic E-state index is 12.2. The summed E-state index contributed by atoms with van der Waals surface area (Å²) in [6, 6.07) is 19.0. The van der Waals surface area contributed by atoms with Gasteiger partial charge in [-0.3, -0.25) is 4.79 Å². The van der Waals surface area contributed by atoms with Crippen LogP contribution in [0.5, 0.6) is 17.2 Å². The molecule has 0 unspecified atom stereocenters. The molecule has 0 aromatic heterocycles. The molecular formula is C26H29N3O4. The molecule has 33 heavy (non-hydrogen) atoms. The van der Waals surface area contributed by atoms with Crippen molar-refractivity contribution in [3.8, 4) is 17.2 Å². The quantitative estimate of drug-likeness (QED) is 0.369. The lowest BCUT2D eigenvalue weighted by atomic mass is 10.1. The van der Waals surface area contributed by atoms with E-state index in [1.54, 1.807) is 39.5 Å². The van der Waals surface area contributed by atoms with Crippen molar-refractivity contribution in [3.63, 3.8) is 0 Å². The Morgan fingerprint density at radius 2 is 1.61 bits per heavy atom. The van der Waals surface area contributed by atoms with Crippen LogP contribution in [0.2, 0.25) is 0 Å². The van der Waals surface area contributed by atoms with Gasteiger partial charge in [-0.15, -0.1) is 0 Å². The number of carbonyl (C=O) groups excluding carboxylic acids is 1. The fraction of sp³-hybridized carbons (Fsp3) is 0.192. The van der Waals surface area contributed by atoms with Gasteiger partial charge in [0, 0.05) is 37.5 Å². The Hall–Kier alpha value is -4.13. The summed E-state index contributed by atoms with van der Waals surface area (Å²) < 4.78 is 16.3. The summed E-state index contributed by atoms with van der Waals surface area (Å²) in [5.74, 6) is 1.54. The number of hydrogen-bond acceptors (Lipinski definition) is 6. The molecule has 0 radical (unpaired) electrons. The predicted octanol–water partition coefficient (Wildman–Crippen LogP) is 4.58. The van der Waals surface area contributed by atoms with Crippen molar-refractivity contribution in [1.82, 2.24) is 0 Å². The minimum atomic E-state index is -0.237. The van der Waals surface area contributed by atoms with Crippen LogP contribution in [0, 0.1) is 0 Å². The molecule has 0 aliphatic rings. The van der Waals surface area contributed by atoms with E-state index in [-0.39, 0.29) is 5.91 Å². The third-order valence-corrected chi connectivity index (χ3v) is 5.14. The minimum Gasteiger partial charge on any atom is -0.493 e. The molecule has 0 atom stereocenters. The number of ether oxygens (including phenoxy) is 3. The molecule has 3 aromatic carbocycles. The smallest absolute Gasteiger partial charge is 0.248 e. The van der Waals surface area contributed by atoms with Crippen molar-refractivity contribution in [1.29, 1.82) is 0 Å². The van der Waals surface area contributed by atoms with E-state index in [0.717, 1.165) is 16.8 Å². The minimum absolute atomic E-state index is 0.237. The second-order valence-electron chi connectivity index (χ2n) is 7.39. The number of nitrogens with zero attached hydrogens (tertiary/aromatic N) is 1. The van der Waals surface area contributed by atoms with E-state index in [9.17, 15) is 4.79 Å². The Bertz CT molecular complexity index is 1100. The maximum Gasteiger partial charge on any atom is 0.248 e. The number of nitrogen functional groups attached to an aromatic ring is 1. The molecule has 0 fully saturated rings. The van der Waals surface area contributed by atoms with Gasteiger partial charge >= 0.3 is 0 Å². The van der Waals surface area contributed by atoms with Gasteiger partial charge in [0.05, 0.1) is 32.7 Å². The highest BCUT2D eigenvalue weighted by Gasteiger charge is 2.15. The Kier molecular flexibility index (Phi) is 7.81. The molecule has 172 valence electrons. The van der Waals surface area contributed by atoms with Crippen LogP contribution in [0.15, 0.2) is 66.7 Å². The van der Waals surface area contributed by atoms with E-state index in [2.05, 4.69) is 10.2 Å². The van der Waals surface area contributed by atoms with Gasteiger partial charge in [0.15, 0.2) is 11.5 Å². The number of hydrogen-bond donors (Lipinski definition) is 2. The number of carbonyl (C=O) groups is 1. The zero-order valence-electron chi connectivity index (χ0n) is 19.3. The standard InChI is InChI=1S/C26H29N3O4/c1-29(20-15-23(31-2)26(33-4)24(16-20)32-3)17-19-11-9-18(10-12-19)13-14-25(30)28-22-8-6-5-7-21(22)27/h5-16H,17,27H2,1-4H3,(H,28,30)/b14-13+. The van der Waals surface area contributed by atoms with Crippen LogP contribution >= 0.6 is 0 Å². The van der Waals surface area contributed by atoms with Crippen molar-refractivity contribution in [3.05, 3.63) is 77.9 Å². The molecule has 0 saturated heterocycles. The zero-order chi connectivity index (χ0) is 23.8.